The van der Waals surface area contributed by atoms with Gasteiger partial charge >= 0.3 is 0 Å². The predicted octanol–water partition coefficient (Wildman–Crippen LogP) is 4.39. The molecule has 0 radical (unpaired) electrons. The smallest absolute Gasteiger partial charge is 0.262 e. The molecule has 5 nitrogen and oxygen atoms in total. The van der Waals surface area contributed by atoms with Gasteiger partial charge in [0.05, 0.1) is 19.9 Å². The number of benzene rings is 3. The summed E-state index contributed by atoms with van der Waals surface area (Å²) in [5, 5.41) is 2.77. The maximum atomic E-state index is 12.2. The molecule has 0 atom stereocenters. The number of anilines is 1. The second-order valence-electron chi connectivity index (χ2n) is 5.79. The van der Waals surface area contributed by atoms with Crippen molar-refractivity contribution >= 4 is 11.6 Å². The summed E-state index contributed by atoms with van der Waals surface area (Å²) in [6.07, 6.45) is 0. The Bertz CT molecular complexity index is 892. The van der Waals surface area contributed by atoms with Gasteiger partial charge in [-0.2, -0.15) is 0 Å². The molecule has 27 heavy (non-hydrogen) atoms. The highest BCUT2D eigenvalue weighted by atomic mass is 16.5. The van der Waals surface area contributed by atoms with E-state index in [2.05, 4.69) is 5.32 Å². The molecule has 0 saturated heterocycles. The SMILES string of the molecule is COc1ccc(OC)c(NC(=O)COc2ccc(-c3ccccc3)cc2)c1. The first-order valence-corrected chi connectivity index (χ1v) is 8.50. The summed E-state index contributed by atoms with van der Waals surface area (Å²) in [6.45, 7) is -0.106. The van der Waals surface area contributed by atoms with Crippen molar-refractivity contribution in [2.24, 2.45) is 0 Å². The van der Waals surface area contributed by atoms with E-state index in [-0.39, 0.29) is 12.5 Å². The van der Waals surface area contributed by atoms with Gasteiger partial charge in [-0.1, -0.05) is 42.5 Å². The predicted molar refractivity (Wildman–Crippen MR) is 106 cm³/mol. The fourth-order valence-corrected chi connectivity index (χ4v) is 2.62. The van der Waals surface area contributed by atoms with Crippen molar-refractivity contribution in [3.63, 3.8) is 0 Å². The van der Waals surface area contributed by atoms with Gasteiger partial charge in [-0.3, -0.25) is 4.79 Å². The first-order valence-electron chi connectivity index (χ1n) is 8.50. The molecule has 0 unspecified atom stereocenters. The summed E-state index contributed by atoms with van der Waals surface area (Å²) in [7, 11) is 3.11. The zero-order valence-corrected chi connectivity index (χ0v) is 15.3. The van der Waals surface area contributed by atoms with Crippen molar-refractivity contribution in [1.82, 2.24) is 0 Å². The quantitative estimate of drug-likeness (QED) is 0.676. The average molecular weight is 363 g/mol. The number of hydrogen-bond acceptors (Lipinski definition) is 4. The van der Waals surface area contributed by atoms with E-state index < -0.39 is 0 Å². The molecule has 0 fully saturated rings. The van der Waals surface area contributed by atoms with Crippen LogP contribution in [0.5, 0.6) is 17.2 Å². The Morgan fingerprint density at radius 2 is 1.48 bits per heavy atom. The standard InChI is InChI=1S/C22H21NO4/c1-25-19-12-13-21(26-2)20(14-19)23-22(24)15-27-18-10-8-17(9-11-18)16-6-4-3-5-7-16/h3-14H,15H2,1-2H3,(H,23,24). The highest BCUT2D eigenvalue weighted by Crippen LogP contribution is 2.29. The van der Waals surface area contributed by atoms with E-state index in [4.69, 9.17) is 14.2 Å². The lowest BCUT2D eigenvalue weighted by Gasteiger charge is -2.12. The molecule has 1 N–H and O–H groups in total. The lowest BCUT2D eigenvalue weighted by Crippen LogP contribution is -2.20. The summed E-state index contributed by atoms with van der Waals surface area (Å²) in [5.74, 6) is 1.52. The van der Waals surface area contributed by atoms with Gasteiger partial charge in [-0.05, 0) is 35.4 Å². The van der Waals surface area contributed by atoms with Crippen LogP contribution in [-0.4, -0.2) is 26.7 Å². The van der Waals surface area contributed by atoms with Crippen LogP contribution >= 0.6 is 0 Å². The summed E-state index contributed by atoms with van der Waals surface area (Å²) < 4.78 is 16.0. The summed E-state index contributed by atoms with van der Waals surface area (Å²) >= 11 is 0. The van der Waals surface area contributed by atoms with Crippen LogP contribution in [0.15, 0.2) is 72.8 Å². The first kappa shape index (κ1) is 18.3. The van der Waals surface area contributed by atoms with Gasteiger partial charge in [0.1, 0.15) is 17.2 Å². The third-order valence-electron chi connectivity index (χ3n) is 4.01. The number of hydrogen-bond donors (Lipinski definition) is 1. The molecule has 138 valence electrons. The van der Waals surface area contributed by atoms with Crippen LogP contribution in [-0.2, 0) is 4.79 Å². The molecule has 0 heterocycles. The molecule has 3 rings (SSSR count). The second kappa shape index (κ2) is 8.76. The molecule has 3 aromatic carbocycles. The van der Waals surface area contributed by atoms with Gasteiger partial charge < -0.3 is 19.5 Å². The Kier molecular flexibility index (Phi) is 5.94. The van der Waals surface area contributed by atoms with Gasteiger partial charge in [0.2, 0.25) is 0 Å². The molecular weight excluding hydrogens is 342 g/mol. The average Bonchev–Trinajstić information content (AvgIpc) is 2.73. The van der Waals surface area contributed by atoms with Gasteiger partial charge in [0.25, 0.3) is 5.91 Å². The van der Waals surface area contributed by atoms with Crippen LogP contribution < -0.4 is 19.5 Å². The zero-order chi connectivity index (χ0) is 19.1. The molecule has 0 spiro atoms. The fourth-order valence-electron chi connectivity index (χ4n) is 2.62. The molecule has 1 amide bonds. The van der Waals surface area contributed by atoms with E-state index in [1.54, 1.807) is 32.4 Å². The van der Waals surface area contributed by atoms with Gasteiger partial charge in [-0.25, -0.2) is 0 Å². The molecule has 5 heteroatoms. The Hall–Kier alpha value is -3.47. The minimum Gasteiger partial charge on any atom is -0.497 e. The van der Waals surface area contributed by atoms with Crippen molar-refractivity contribution in [2.45, 2.75) is 0 Å². The number of methoxy groups -OCH3 is 2. The second-order valence-corrected chi connectivity index (χ2v) is 5.79. The van der Waals surface area contributed by atoms with Crippen LogP contribution in [0, 0.1) is 0 Å². The van der Waals surface area contributed by atoms with Crippen LogP contribution in [0.2, 0.25) is 0 Å². The third kappa shape index (κ3) is 4.79. The largest absolute Gasteiger partial charge is 0.497 e. The fraction of sp³-hybridized carbons (Fsp3) is 0.136. The minimum absolute atomic E-state index is 0.106. The van der Waals surface area contributed by atoms with E-state index >= 15 is 0 Å². The van der Waals surface area contributed by atoms with Crippen molar-refractivity contribution in [2.75, 3.05) is 26.1 Å². The Labute approximate surface area is 158 Å². The lowest BCUT2D eigenvalue weighted by atomic mass is 10.1. The number of ether oxygens (including phenoxy) is 3. The Morgan fingerprint density at radius 3 is 2.15 bits per heavy atom. The molecular formula is C22H21NO4. The molecule has 0 aliphatic heterocycles. The van der Waals surface area contributed by atoms with E-state index in [1.807, 2.05) is 54.6 Å². The zero-order valence-electron chi connectivity index (χ0n) is 15.3. The Balaban J connectivity index is 1.59. The van der Waals surface area contributed by atoms with Crippen LogP contribution in [0.4, 0.5) is 5.69 Å². The van der Waals surface area contributed by atoms with Crippen molar-refractivity contribution in [3.8, 4) is 28.4 Å². The normalized spacial score (nSPS) is 10.1. The molecule has 3 aromatic rings. The van der Waals surface area contributed by atoms with E-state index in [1.165, 1.54) is 0 Å². The van der Waals surface area contributed by atoms with Gasteiger partial charge in [0.15, 0.2) is 6.61 Å². The number of rotatable bonds is 7. The van der Waals surface area contributed by atoms with Crippen LogP contribution in [0.3, 0.4) is 0 Å². The van der Waals surface area contributed by atoms with E-state index in [0.29, 0.717) is 22.9 Å². The monoisotopic (exact) mass is 363 g/mol. The summed E-state index contributed by atoms with van der Waals surface area (Å²) in [6, 6.07) is 22.9. The molecule has 0 bridgehead atoms. The molecule has 0 aromatic heterocycles. The maximum Gasteiger partial charge on any atom is 0.262 e. The lowest BCUT2D eigenvalue weighted by molar-refractivity contribution is -0.118. The van der Waals surface area contributed by atoms with Gasteiger partial charge in [0, 0.05) is 6.07 Å². The topological polar surface area (TPSA) is 56.8 Å². The molecule has 0 aliphatic carbocycles. The maximum absolute atomic E-state index is 12.2. The first-order chi connectivity index (χ1) is 13.2. The number of carbonyl (C=O) groups is 1. The van der Waals surface area contributed by atoms with Gasteiger partial charge in [-0.15, -0.1) is 0 Å². The van der Waals surface area contributed by atoms with Crippen LogP contribution in [0.1, 0.15) is 0 Å². The summed E-state index contributed by atoms with van der Waals surface area (Å²) in [4.78, 5) is 12.2. The third-order valence-corrected chi connectivity index (χ3v) is 4.01. The van der Waals surface area contributed by atoms with Crippen molar-refractivity contribution in [3.05, 3.63) is 72.8 Å². The van der Waals surface area contributed by atoms with Crippen LogP contribution in [0.25, 0.3) is 11.1 Å². The minimum atomic E-state index is -0.284. The molecule has 0 aliphatic rings. The van der Waals surface area contributed by atoms with Crippen molar-refractivity contribution in [1.29, 1.82) is 0 Å². The Morgan fingerprint density at radius 1 is 0.815 bits per heavy atom. The number of nitrogens with one attached hydrogen (secondary N) is 1. The van der Waals surface area contributed by atoms with E-state index in [0.717, 1.165) is 11.1 Å². The van der Waals surface area contributed by atoms with E-state index in [9.17, 15) is 4.79 Å². The highest BCUT2D eigenvalue weighted by molar-refractivity contribution is 5.93. The summed E-state index contributed by atoms with van der Waals surface area (Å²) in [5.41, 5.74) is 2.75. The molecule has 0 saturated carbocycles. The highest BCUT2D eigenvalue weighted by Gasteiger charge is 2.10. The number of carbonyl (C=O) groups excluding carboxylic acids is 1. The number of amides is 1. The van der Waals surface area contributed by atoms with Crippen molar-refractivity contribution < 1.29 is 19.0 Å².